The number of anilines is 2. The zero-order chi connectivity index (χ0) is 36.7. The van der Waals surface area contributed by atoms with Gasteiger partial charge < -0.3 is 20.7 Å². The van der Waals surface area contributed by atoms with E-state index in [4.69, 9.17) is 21.6 Å². The lowest BCUT2D eigenvalue weighted by Gasteiger charge is -2.63. The molecule has 1 atom stereocenters. The van der Waals surface area contributed by atoms with E-state index >= 15 is 0 Å². The Labute approximate surface area is 300 Å². The number of carbonyl (C=O) groups is 5. The highest BCUT2D eigenvalue weighted by molar-refractivity contribution is 6.31. The number of benzene rings is 3. The van der Waals surface area contributed by atoms with Crippen LogP contribution in [0.5, 0.6) is 5.75 Å². The molecular formula is C38H39ClN6O6. The normalized spacial score (nSPS) is 21.6. The monoisotopic (exact) mass is 710 g/mol. The molecule has 51 heavy (non-hydrogen) atoms. The third-order valence-corrected chi connectivity index (χ3v) is 10.3. The summed E-state index contributed by atoms with van der Waals surface area (Å²) in [6.45, 7) is 9.46. The van der Waals surface area contributed by atoms with E-state index in [2.05, 4.69) is 49.0 Å². The molecule has 0 spiro atoms. The number of halogens is 1. The van der Waals surface area contributed by atoms with Crippen LogP contribution in [0.4, 0.5) is 11.4 Å². The van der Waals surface area contributed by atoms with Gasteiger partial charge in [0, 0.05) is 59.4 Å². The molecule has 12 nitrogen and oxygen atoms in total. The van der Waals surface area contributed by atoms with E-state index < -0.39 is 29.7 Å². The van der Waals surface area contributed by atoms with Gasteiger partial charge in [-0.25, -0.2) is 0 Å². The maximum absolute atomic E-state index is 13.3. The molecule has 3 aromatic rings. The Morgan fingerprint density at radius 1 is 0.922 bits per heavy atom. The van der Waals surface area contributed by atoms with Gasteiger partial charge in [0.2, 0.25) is 11.8 Å². The van der Waals surface area contributed by atoms with Crippen LogP contribution >= 0.6 is 11.6 Å². The lowest BCUT2D eigenvalue weighted by atomic mass is 9.49. The predicted octanol–water partition coefficient (Wildman–Crippen LogP) is 5.14. The summed E-state index contributed by atoms with van der Waals surface area (Å²) in [6, 6.07) is 18.1. The number of hydrogen-bond acceptors (Lipinski definition) is 9. The Balaban J connectivity index is 0.962. The van der Waals surface area contributed by atoms with Crippen LogP contribution in [0.15, 0.2) is 60.7 Å². The van der Waals surface area contributed by atoms with E-state index in [1.54, 1.807) is 48.5 Å². The molecule has 4 N–H and O–H groups in total. The Morgan fingerprint density at radius 3 is 2.22 bits per heavy atom. The second-order valence-electron chi connectivity index (χ2n) is 14.3. The summed E-state index contributed by atoms with van der Waals surface area (Å²) in [4.78, 5) is 64.0. The summed E-state index contributed by atoms with van der Waals surface area (Å²) < 4.78 is 6.32. The van der Waals surface area contributed by atoms with E-state index in [1.807, 2.05) is 18.2 Å². The third-order valence-electron chi connectivity index (χ3n) is 10.0. The molecule has 1 saturated carbocycles. The second kappa shape index (κ2) is 13.7. The summed E-state index contributed by atoms with van der Waals surface area (Å²) in [5, 5.41) is 21.5. The zero-order valence-corrected chi connectivity index (χ0v) is 29.5. The van der Waals surface area contributed by atoms with Crippen LogP contribution in [-0.4, -0.2) is 65.7 Å². The Kier molecular flexibility index (Phi) is 9.53. The number of carbonyl (C=O) groups excluding carboxylic acids is 5. The third kappa shape index (κ3) is 6.73. The van der Waals surface area contributed by atoms with Gasteiger partial charge in [-0.1, -0.05) is 39.3 Å². The van der Waals surface area contributed by atoms with Crippen molar-refractivity contribution < 1.29 is 28.7 Å². The van der Waals surface area contributed by atoms with Gasteiger partial charge >= 0.3 is 0 Å². The van der Waals surface area contributed by atoms with Crippen molar-refractivity contribution in [1.29, 1.82) is 5.26 Å². The zero-order valence-electron chi connectivity index (χ0n) is 28.8. The molecule has 1 saturated heterocycles. The van der Waals surface area contributed by atoms with Gasteiger partial charge in [0.05, 0.1) is 21.7 Å². The molecule has 2 fully saturated rings. The van der Waals surface area contributed by atoms with Gasteiger partial charge in [-0.2, -0.15) is 5.26 Å². The Hall–Kier alpha value is -5.41. The van der Waals surface area contributed by atoms with Crippen molar-refractivity contribution in [1.82, 2.24) is 15.5 Å². The number of nitrogens with one attached hydrogen (secondary N) is 4. The standard InChI is InChI=1S/C38H39ClN6O6/c1-37(2)35(38(3,4)36(37)51-25-12-8-22(20-40)28(39)19-25)44-31(47)21-6-9-23(10-7-21)41-16-5-17-42-24-11-13-26-27(18-24)34(50)45(33(26)49)29-14-15-30(46)43-32(29)48/h6-13,18-19,29,35-36,41-42H,5,14-17H2,1-4H3,(H,44,47)(H,43,46,48)/t29?,35-,36-. The SMILES string of the molecule is CC1(C)[C@H](NC(=O)c2ccc(NCCCNc3ccc4c(c3)C(=O)N(C3CCC(=O)NC3=O)C4=O)cc2)C(C)(C)[C@H]1Oc1ccc(C#N)c(Cl)c1. The van der Waals surface area contributed by atoms with Gasteiger partial charge in [0.15, 0.2) is 0 Å². The number of ether oxygens (including phenoxy) is 1. The summed E-state index contributed by atoms with van der Waals surface area (Å²) >= 11 is 6.21. The molecule has 3 aromatic carbocycles. The summed E-state index contributed by atoms with van der Waals surface area (Å²) in [5.74, 6) is -1.74. The quantitative estimate of drug-likeness (QED) is 0.156. The predicted molar refractivity (Wildman–Crippen MR) is 191 cm³/mol. The highest BCUT2D eigenvalue weighted by atomic mass is 35.5. The average Bonchev–Trinajstić information content (AvgIpc) is 3.34. The fourth-order valence-corrected chi connectivity index (χ4v) is 7.90. The van der Waals surface area contributed by atoms with Gasteiger partial charge in [0.25, 0.3) is 17.7 Å². The van der Waals surface area contributed by atoms with Crippen molar-refractivity contribution in [3.05, 3.63) is 87.9 Å². The molecule has 5 amide bonds. The molecule has 0 bridgehead atoms. The first-order valence-electron chi connectivity index (χ1n) is 16.8. The first-order chi connectivity index (χ1) is 24.2. The number of piperidine rings is 1. The smallest absolute Gasteiger partial charge is 0.262 e. The highest BCUT2D eigenvalue weighted by Crippen LogP contribution is 2.55. The van der Waals surface area contributed by atoms with Gasteiger partial charge in [0.1, 0.15) is 24.0 Å². The Bertz CT molecular complexity index is 1950. The largest absolute Gasteiger partial charge is 0.489 e. The van der Waals surface area contributed by atoms with E-state index in [1.165, 1.54) is 0 Å². The van der Waals surface area contributed by atoms with Gasteiger partial charge in [-0.05, 0) is 67.4 Å². The van der Waals surface area contributed by atoms with E-state index in [9.17, 15) is 24.0 Å². The molecule has 0 aromatic heterocycles. The van der Waals surface area contributed by atoms with Crippen LogP contribution in [0.25, 0.3) is 0 Å². The fourth-order valence-electron chi connectivity index (χ4n) is 7.68. The number of fused-ring (bicyclic) bond motifs is 1. The van der Waals surface area contributed by atoms with Crippen LogP contribution in [0.1, 0.15) is 83.6 Å². The highest BCUT2D eigenvalue weighted by Gasteiger charge is 2.64. The topological polar surface area (TPSA) is 170 Å². The molecule has 1 unspecified atom stereocenters. The summed E-state index contributed by atoms with van der Waals surface area (Å²) in [6.07, 6.45) is 0.707. The Morgan fingerprint density at radius 2 is 1.57 bits per heavy atom. The molecule has 3 aliphatic rings. The molecular weight excluding hydrogens is 672 g/mol. The molecule has 2 heterocycles. The van der Waals surface area contributed by atoms with Crippen LogP contribution in [0.2, 0.25) is 5.02 Å². The average molecular weight is 711 g/mol. The lowest BCUT2D eigenvalue weighted by Crippen LogP contribution is -2.74. The molecule has 1 aliphatic carbocycles. The van der Waals surface area contributed by atoms with Crippen molar-refractivity contribution in [2.75, 3.05) is 23.7 Å². The first kappa shape index (κ1) is 35.4. The van der Waals surface area contributed by atoms with Crippen molar-refractivity contribution in [2.24, 2.45) is 10.8 Å². The van der Waals surface area contributed by atoms with Gasteiger partial charge in [-0.3, -0.25) is 34.2 Å². The van der Waals surface area contributed by atoms with Crippen molar-refractivity contribution in [3.63, 3.8) is 0 Å². The minimum atomic E-state index is -1.00. The van der Waals surface area contributed by atoms with E-state index in [0.717, 1.165) is 17.0 Å². The number of nitrogens with zero attached hydrogens (tertiary/aromatic N) is 2. The van der Waals surface area contributed by atoms with E-state index in [-0.39, 0.29) is 52.9 Å². The summed E-state index contributed by atoms with van der Waals surface area (Å²) in [7, 11) is 0. The van der Waals surface area contributed by atoms with Crippen molar-refractivity contribution >= 4 is 52.5 Å². The van der Waals surface area contributed by atoms with Crippen molar-refractivity contribution in [3.8, 4) is 11.8 Å². The number of rotatable bonds is 11. The molecule has 2 aliphatic heterocycles. The number of amides is 5. The number of hydrogen-bond donors (Lipinski definition) is 4. The van der Waals surface area contributed by atoms with Crippen LogP contribution in [0.3, 0.4) is 0 Å². The fraction of sp³-hybridized carbons (Fsp3) is 0.368. The molecule has 13 heteroatoms. The maximum Gasteiger partial charge on any atom is 0.262 e. The minimum Gasteiger partial charge on any atom is -0.489 e. The summed E-state index contributed by atoms with van der Waals surface area (Å²) in [5.41, 5.74) is 2.16. The van der Waals surface area contributed by atoms with Gasteiger partial charge in [-0.15, -0.1) is 0 Å². The molecule has 0 radical (unpaired) electrons. The van der Waals surface area contributed by atoms with Crippen LogP contribution in [-0.2, 0) is 9.59 Å². The maximum atomic E-state index is 13.3. The molecule has 264 valence electrons. The second-order valence-corrected chi connectivity index (χ2v) is 14.7. The van der Waals surface area contributed by atoms with E-state index in [0.29, 0.717) is 40.7 Å². The lowest BCUT2D eigenvalue weighted by molar-refractivity contribution is -0.164. The van der Waals surface area contributed by atoms with Crippen molar-refractivity contribution in [2.45, 2.75) is 65.1 Å². The van der Waals surface area contributed by atoms with Crippen LogP contribution < -0.4 is 26.0 Å². The number of imide groups is 2. The van der Waals surface area contributed by atoms with Crippen LogP contribution in [0, 0.1) is 22.2 Å². The molecule has 6 rings (SSSR count). The first-order valence-corrected chi connectivity index (χ1v) is 17.2. The number of nitriles is 1. The minimum absolute atomic E-state index is 0.0681.